The second-order valence-corrected chi connectivity index (χ2v) is 3.47. The molecule has 3 unspecified atom stereocenters. The lowest BCUT2D eigenvalue weighted by Gasteiger charge is -2.46. The zero-order valence-corrected chi connectivity index (χ0v) is 6.83. The lowest BCUT2D eigenvalue weighted by molar-refractivity contribution is -0.171. The van der Waals surface area contributed by atoms with Gasteiger partial charge in [0, 0.05) is 18.9 Å². The smallest absolute Gasteiger partial charge is 0.169 e. The van der Waals surface area contributed by atoms with Crippen molar-refractivity contribution in [3.05, 3.63) is 12.2 Å². The summed E-state index contributed by atoms with van der Waals surface area (Å²) >= 11 is 0. The Hall–Kier alpha value is -0.630. The van der Waals surface area contributed by atoms with E-state index in [0.29, 0.717) is 5.92 Å². The third-order valence-electron chi connectivity index (χ3n) is 3.05. The van der Waals surface area contributed by atoms with Gasteiger partial charge >= 0.3 is 0 Å². The summed E-state index contributed by atoms with van der Waals surface area (Å²) in [5.41, 5.74) is -0.502. The molecule has 2 nitrogen and oxygen atoms in total. The fraction of sp³-hybridized carbons (Fsp3) is 0.667. The van der Waals surface area contributed by atoms with Crippen molar-refractivity contribution in [2.75, 3.05) is 7.11 Å². The number of methoxy groups -OCH3 is 1. The van der Waals surface area contributed by atoms with Crippen molar-refractivity contribution in [3.8, 4) is 0 Å². The number of hydrogen-bond donors (Lipinski definition) is 0. The number of carbonyl (C=O) groups excluding carboxylic acids is 1. The van der Waals surface area contributed by atoms with Gasteiger partial charge in [-0.1, -0.05) is 12.2 Å². The van der Waals surface area contributed by atoms with Crippen LogP contribution in [0.4, 0.5) is 0 Å². The topological polar surface area (TPSA) is 26.3 Å². The van der Waals surface area contributed by atoms with Gasteiger partial charge in [-0.15, -0.1) is 0 Å². The summed E-state index contributed by atoms with van der Waals surface area (Å²) in [7, 11) is 1.61. The number of hydrogen-bond acceptors (Lipinski definition) is 2. The second kappa shape index (κ2) is 1.95. The van der Waals surface area contributed by atoms with Crippen LogP contribution in [-0.4, -0.2) is 18.5 Å². The van der Waals surface area contributed by atoms with Crippen LogP contribution < -0.4 is 0 Å². The van der Waals surface area contributed by atoms with Crippen molar-refractivity contribution in [2.45, 2.75) is 18.9 Å². The van der Waals surface area contributed by atoms with Crippen LogP contribution in [0.2, 0.25) is 0 Å². The van der Waals surface area contributed by atoms with Gasteiger partial charge in [0.05, 0.1) is 0 Å². The molecule has 2 aliphatic rings. The van der Waals surface area contributed by atoms with Crippen LogP contribution in [0.5, 0.6) is 0 Å². The maximum atomic E-state index is 11.4. The molecule has 0 N–H and O–H groups in total. The van der Waals surface area contributed by atoms with Gasteiger partial charge in [0.2, 0.25) is 0 Å². The van der Waals surface area contributed by atoms with Gasteiger partial charge < -0.3 is 4.74 Å². The highest BCUT2D eigenvalue weighted by Gasteiger charge is 2.59. The van der Waals surface area contributed by atoms with Crippen molar-refractivity contribution in [1.82, 2.24) is 0 Å². The van der Waals surface area contributed by atoms with Crippen LogP contribution >= 0.6 is 0 Å². The van der Waals surface area contributed by atoms with Crippen LogP contribution in [0.15, 0.2) is 12.2 Å². The molecule has 0 spiro atoms. The number of ketones is 1. The van der Waals surface area contributed by atoms with E-state index < -0.39 is 5.60 Å². The Morgan fingerprint density at radius 3 is 3.09 bits per heavy atom. The monoisotopic (exact) mass is 152 g/mol. The molecule has 60 valence electrons. The standard InChI is InChI=1S/C9H12O2/c1-9(11-2)7-5-3-4-6(7)8(9)10/h3,5-7H,4H2,1-2H3. The Labute approximate surface area is 66.2 Å². The molecule has 3 atom stereocenters. The molecule has 0 amide bonds. The van der Waals surface area contributed by atoms with E-state index in [0.717, 1.165) is 6.42 Å². The average Bonchev–Trinajstić information content (AvgIpc) is 2.48. The third kappa shape index (κ3) is 0.632. The fourth-order valence-corrected chi connectivity index (χ4v) is 2.16. The minimum Gasteiger partial charge on any atom is -0.370 e. The fourth-order valence-electron chi connectivity index (χ4n) is 2.16. The Morgan fingerprint density at radius 2 is 2.45 bits per heavy atom. The Kier molecular flexibility index (Phi) is 1.25. The van der Waals surface area contributed by atoms with Crippen molar-refractivity contribution in [3.63, 3.8) is 0 Å². The molecule has 2 rings (SSSR count). The van der Waals surface area contributed by atoms with Crippen LogP contribution in [0.3, 0.4) is 0 Å². The Balaban J connectivity index is 2.26. The van der Waals surface area contributed by atoms with Crippen molar-refractivity contribution in [2.24, 2.45) is 11.8 Å². The second-order valence-electron chi connectivity index (χ2n) is 3.47. The molecule has 0 saturated heterocycles. The summed E-state index contributed by atoms with van der Waals surface area (Å²) in [5.74, 6) is 0.856. The summed E-state index contributed by atoms with van der Waals surface area (Å²) in [6.07, 6.45) is 5.11. The molecule has 0 aromatic carbocycles. The third-order valence-corrected chi connectivity index (χ3v) is 3.05. The highest BCUT2D eigenvalue weighted by molar-refractivity contribution is 5.97. The highest BCUT2D eigenvalue weighted by Crippen LogP contribution is 2.48. The normalized spacial score (nSPS) is 47.3. The highest BCUT2D eigenvalue weighted by atomic mass is 16.5. The number of allylic oxidation sites excluding steroid dienone is 1. The first-order valence-corrected chi connectivity index (χ1v) is 3.96. The number of ether oxygens (including phenoxy) is 1. The molecule has 2 heteroatoms. The lowest BCUT2D eigenvalue weighted by Crippen LogP contribution is -2.60. The quantitative estimate of drug-likeness (QED) is 0.527. The molecule has 1 fully saturated rings. The van der Waals surface area contributed by atoms with E-state index in [4.69, 9.17) is 4.74 Å². The molecule has 0 aromatic heterocycles. The van der Waals surface area contributed by atoms with Gasteiger partial charge in [-0.2, -0.15) is 0 Å². The minimum absolute atomic E-state index is 0.236. The summed E-state index contributed by atoms with van der Waals surface area (Å²) in [4.78, 5) is 11.4. The molecule has 1 saturated carbocycles. The molecule has 0 aromatic rings. The maximum Gasteiger partial charge on any atom is 0.169 e. The molecular weight excluding hydrogens is 140 g/mol. The number of carbonyl (C=O) groups is 1. The minimum atomic E-state index is -0.502. The van der Waals surface area contributed by atoms with E-state index in [2.05, 4.69) is 12.2 Å². The van der Waals surface area contributed by atoms with Crippen LogP contribution in [0, 0.1) is 11.8 Å². The van der Waals surface area contributed by atoms with Gasteiger partial charge in [-0.3, -0.25) is 4.79 Å². The number of rotatable bonds is 1. The summed E-state index contributed by atoms with van der Waals surface area (Å²) < 4.78 is 5.20. The largest absolute Gasteiger partial charge is 0.370 e. The SMILES string of the molecule is COC1(C)C(=O)C2CC=CC21. The summed E-state index contributed by atoms with van der Waals surface area (Å²) in [6.45, 7) is 1.88. The van der Waals surface area contributed by atoms with E-state index in [-0.39, 0.29) is 11.7 Å². The summed E-state index contributed by atoms with van der Waals surface area (Å²) in [6, 6.07) is 0. The Morgan fingerprint density at radius 1 is 1.73 bits per heavy atom. The molecule has 0 bridgehead atoms. The molecular formula is C9H12O2. The molecule has 0 radical (unpaired) electrons. The van der Waals surface area contributed by atoms with Gasteiger partial charge in [-0.25, -0.2) is 0 Å². The van der Waals surface area contributed by atoms with E-state index >= 15 is 0 Å². The molecule has 11 heavy (non-hydrogen) atoms. The van der Waals surface area contributed by atoms with Gasteiger partial charge in [-0.05, 0) is 13.3 Å². The molecule has 2 aliphatic carbocycles. The predicted octanol–water partition coefficient (Wildman–Crippen LogP) is 1.17. The van der Waals surface area contributed by atoms with Crippen LogP contribution in [0.1, 0.15) is 13.3 Å². The zero-order chi connectivity index (χ0) is 8.06. The summed E-state index contributed by atoms with van der Waals surface area (Å²) in [5, 5.41) is 0. The van der Waals surface area contributed by atoms with Crippen molar-refractivity contribution >= 4 is 5.78 Å². The predicted molar refractivity (Wildman–Crippen MR) is 41.2 cm³/mol. The van der Waals surface area contributed by atoms with Crippen molar-refractivity contribution in [1.29, 1.82) is 0 Å². The van der Waals surface area contributed by atoms with Crippen molar-refractivity contribution < 1.29 is 9.53 Å². The van der Waals surface area contributed by atoms with E-state index in [1.807, 2.05) is 6.92 Å². The first-order valence-electron chi connectivity index (χ1n) is 3.96. The first-order chi connectivity index (χ1) is 5.20. The van der Waals surface area contributed by atoms with Gasteiger partial charge in [0.15, 0.2) is 5.78 Å². The first kappa shape index (κ1) is 7.04. The van der Waals surface area contributed by atoms with Gasteiger partial charge in [0.25, 0.3) is 0 Å². The van der Waals surface area contributed by atoms with E-state index in [9.17, 15) is 4.79 Å². The molecule has 0 aliphatic heterocycles. The van der Waals surface area contributed by atoms with Gasteiger partial charge in [0.1, 0.15) is 5.60 Å². The lowest BCUT2D eigenvalue weighted by atomic mass is 9.62. The van der Waals surface area contributed by atoms with Crippen LogP contribution in [0.25, 0.3) is 0 Å². The zero-order valence-electron chi connectivity index (χ0n) is 6.83. The molecule has 0 heterocycles. The maximum absolute atomic E-state index is 11.4. The van der Waals surface area contributed by atoms with E-state index in [1.165, 1.54) is 0 Å². The van der Waals surface area contributed by atoms with E-state index in [1.54, 1.807) is 7.11 Å². The average molecular weight is 152 g/mol. The van der Waals surface area contributed by atoms with Crippen LogP contribution in [-0.2, 0) is 9.53 Å². The number of fused-ring (bicyclic) bond motifs is 1. The number of Topliss-reactive ketones (excluding diaryl/α,β-unsaturated/α-hetero) is 1. The Bertz CT molecular complexity index is 232.